The fourth-order valence-electron chi connectivity index (χ4n) is 5.04. The zero-order chi connectivity index (χ0) is 33.6. The van der Waals surface area contributed by atoms with E-state index in [0.717, 1.165) is 25.0 Å². The first-order valence-corrected chi connectivity index (χ1v) is 15.9. The van der Waals surface area contributed by atoms with Crippen LogP contribution in [0.1, 0.15) is 61.0 Å². The van der Waals surface area contributed by atoms with Crippen molar-refractivity contribution in [3.8, 4) is 11.6 Å². The van der Waals surface area contributed by atoms with Crippen LogP contribution in [0.3, 0.4) is 0 Å². The molecule has 1 aromatic carbocycles. The fourth-order valence-corrected chi connectivity index (χ4v) is 5.04. The minimum absolute atomic E-state index is 0.0212. The van der Waals surface area contributed by atoms with Crippen molar-refractivity contribution in [1.82, 2.24) is 10.2 Å². The van der Waals surface area contributed by atoms with Crippen molar-refractivity contribution in [3.05, 3.63) is 97.0 Å². The van der Waals surface area contributed by atoms with E-state index in [1.165, 1.54) is 0 Å². The molecular weight excluding hydrogens is 604 g/mol. The van der Waals surface area contributed by atoms with E-state index in [4.69, 9.17) is 23.7 Å². The second kappa shape index (κ2) is 17.8. The molecule has 1 fully saturated rings. The van der Waals surface area contributed by atoms with Crippen LogP contribution in [0.25, 0.3) is 0 Å². The average molecular weight is 647 g/mol. The molecule has 0 saturated heterocycles. The summed E-state index contributed by atoms with van der Waals surface area (Å²) >= 11 is 0. The van der Waals surface area contributed by atoms with Crippen molar-refractivity contribution in [2.45, 2.75) is 51.2 Å². The van der Waals surface area contributed by atoms with Gasteiger partial charge in [-0.05, 0) is 80.5 Å². The smallest absolute Gasteiger partial charge is 0.330 e. The van der Waals surface area contributed by atoms with Gasteiger partial charge >= 0.3 is 11.9 Å². The second-order valence-electron chi connectivity index (χ2n) is 11.4. The van der Waals surface area contributed by atoms with Gasteiger partial charge in [0.25, 0.3) is 0 Å². The lowest BCUT2D eigenvalue weighted by Gasteiger charge is -2.27. The fraction of sp³-hybridized carbons (Fsp3) is 0.417. The average Bonchev–Trinajstić information content (AvgIpc) is 3.89. The topological polar surface area (TPSA) is 143 Å². The summed E-state index contributed by atoms with van der Waals surface area (Å²) in [4.78, 5) is 35.2. The van der Waals surface area contributed by atoms with Gasteiger partial charge in [-0.1, -0.05) is 26.2 Å². The number of aromatic nitrogens is 2. The summed E-state index contributed by atoms with van der Waals surface area (Å²) in [7, 11) is 0. The Balaban J connectivity index is 1.16. The van der Waals surface area contributed by atoms with E-state index in [1.807, 2.05) is 25.2 Å². The normalized spacial score (nSPS) is 20.3. The number of carbonyl (C=O) groups excluding carboxylic acids is 3. The van der Waals surface area contributed by atoms with Gasteiger partial charge in [0.05, 0.1) is 32.1 Å². The third-order valence-corrected chi connectivity index (χ3v) is 7.83. The highest BCUT2D eigenvalue weighted by Gasteiger charge is 2.45. The molecule has 47 heavy (non-hydrogen) atoms. The van der Waals surface area contributed by atoms with Crippen LogP contribution >= 0.6 is 0 Å². The number of Topliss-reactive ketones (excluding diaryl/α,β-unsaturated/α-hetero) is 1. The number of rotatable bonds is 20. The molecule has 4 rings (SSSR count). The number of esters is 2. The number of nitrogens with zero attached hydrogens (tertiary/aromatic N) is 2. The van der Waals surface area contributed by atoms with Gasteiger partial charge in [0.15, 0.2) is 5.78 Å². The maximum Gasteiger partial charge on any atom is 0.330 e. The van der Waals surface area contributed by atoms with Crippen molar-refractivity contribution in [2.24, 2.45) is 17.8 Å². The molecule has 11 heteroatoms. The van der Waals surface area contributed by atoms with E-state index >= 15 is 0 Å². The van der Waals surface area contributed by atoms with Crippen molar-refractivity contribution in [1.29, 1.82) is 0 Å². The Bertz CT molecular complexity index is 1440. The van der Waals surface area contributed by atoms with Gasteiger partial charge in [0.2, 0.25) is 12.2 Å². The number of aliphatic hydroxyl groups excluding tert-OH is 1. The third-order valence-electron chi connectivity index (χ3n) is 7.83. The van der Waals surface area contributed by atoms with Crippen LogP contribution in [0, 0.1) is 17.8 Å². The lowest BCUT2D eigenvalue weighted by atomic mass is 9.89. The maximum atomic E-state index is 13.1. The predicted molar refractivity (Wildman–Crippen MR) is 172 cm³/mol. The predicted octanol–water partition coefficient (Wildman–Crippen LogP) is 5.28. The monoisotopic (exact) mass is 646 g/mol. The first-order valence-electron chi connectivity index (χ1n) is 15.9. The zero-order valence-corrected chi connectivity index (χ0v) is 26.6. The largest absolute Gasteiger partial charge is 0.494 e. The maximum absolute atomic E-state index is 13.1. The highest BCUT2D eigenvalue weighted by atomic mass is 16.6. The molecule has 0 aliphatic heterocycles. The van der Waals surface area contributed by atoms with E-state index in [2.05, 4.69) is 23.4 Å². The van der Waals surface area contributed by atoms with Crippen LogP contribution in [0.2, 0.25) is 0 Å². The molecule has 0 bridgehead atoms. The molecule has 1 N–H and O–H groups in total. The van der Waals surface area contributed by atoms with Gasteiger partial charge in [0.1, 0.15) is 11.5 Å². The lowest BCUT2D eigenvalue weighted by Crippen LogP contribution is -2.31. The quantitative estimate of drug-likeness (QED) is 0.0660. The number of hydrogen-bond donors (Lipinski definition) is 1. The van der Waals surface area contributed by atoms with Gasteiger partial charge in [-0.2, -0.15) is 5.10 Å². The van der Waals surface area contributed by atoms with E-state index < -0.39 is 18.2 Å². The summed E-state index contributed by atoms with van der Waals surface area (Å²) in [5.74, 6) is 0.208. The van der Waals surface area contributed by atoms with Gasteiger partial charge in [-0.15, -0.1) is 5.10 Å². The standard InChI is InChI=1S/C36H42N2O9/c1-4-33(39)45-20-8-6-18-43-26-12-10-25(11-13-26)35(41)30-23-29(30)31-16-17-32(38-37-31)47-36(42)28-15-14-27(22-24(28)3)44-19-7-9-21-46-34(40)5-2/h4-5,10-17,22,24,28-30,36,42H,1-2,6-9,18-21,23H2,3H3. The van der Waals surface area contributed by atoms with Crippen LogP contribution in [0.5, 0.6) is 11.6 Å². The molecule has 1 saturated carbocycles. The number of hydrogen-bond acceptors (Lipinski definition) is 11. The summed E-state index contributed by atoms with van der Waals surface area (Å²) < 4.78 is 27.1. The van der Waals surface area contributed by atoms with Gasteiger partial charge < -0.3 is 28.8 Å². The van der Waals surface area contributed by atoms with Crippen molar-refractivity contribution < 1.29 is 43.2 Å². The second-order valence-corrected chi connectivity index (χ2v) is 11.4. The van der Waals surface area contributed by atoms with Crippen LogP contribution < -0.4 is 9.47 Å². The number of aliphatic hydroxyl groups is 1. The van der Waals surface area contributed by atoms with E-state index in [-0.39, 0.29) is 35.3 Å². The molecule has 2 aromatic rings. The van der Waals surface area contributed by atoms with Crippen molar-refractivity contribution in [3.63, 3.8) is 0 Å². The number of ether oxygens (including phenoxy) is 5. The Hall–Kier alpha value is -4.77. The first kappa shape index (κ1) is 35.1. The summed E-state index contributed by atoms with van der Waals surface area (Å²) in [6.45, 7) is 10.3. The molecule has 250 valence electrons. The minimum Gasteiger partial charge on any atom is -0.494 e. The van der Waals surface area contributed by atoms with Gasteiger partial charge in [0, 0.05) is 41.5 Å². The molecule has 0 spiro atoms. The van der Waals surface area contributed by atoms with Crippen molar-refractivity contribution in [2.75, 3.05) is 26.4 Å². The lowest BCUT2D eigenvalue weighted by molar-refractivity contribution is -0.138. The molecule has 2 aliphatic carbocycles. The zero-order valence-electron chi connectivity index (χ0n) is 26.6. The van der Waals surface area contributed by atoms with E-state index in [0.29, 0.717) is 68.5 Å². The summed E-state index contributed by atoms with van der Waals surface area (Å²) in [5.41, 5.74) is 1.32. The van der Waals surface area contributed by atoms with Crippen molar-refractivity contribution >= 4 is 17.7 Å². The number of benzene rings is 1. The molecule has 2 aliphatic rings. The molecule has 1 aromatic heterocycles. The number of carbonyl (C=O) groups is 3. The highest BCUT2D eigenvalue weighted by molar-refractivity contribution is 6.00. The number of unbranched alkanes of at least 4 members (excludes halogenated alkanes) is 2. The first-order chi connectivity index (χ1) is 22.8. The number of ketones is 1. The molecular formula is C36H42N2O9. The molecule has 5 atom stereocenters. The van der Waals surface area contributed by atoms with E-state index in [9.17, 15) is 19.5 Å². The Labute approximate surface area is 274 Å². The summed E-state index contributed by atoms with van der Waals surface area (Å²) in [6.07, 6.45) is 10.2. The molecule has 5 unspecified atom stereocenters. The summed E-state index contributed by atoms with van der Waals surface area (Å²) in [5, 5.41) is 19.2. The Kier molecular flexibility index (Phi) is 13.3. The number of allylic oxidation sites excluding steroid dienone is 2. The Morgan fingerprint density at radius 1 is 0.894 bits per heavy atom. The molecule has 0 amide bonds. The molecule has 11 nitrogen and oxygen atoms in total. The van der Waals surface area contributed by atoms with Crippen LogP contribution in [-0.4, -0.2) is 65.7 Å². The Morgan fingerprint density at radius 2 is 1.53 bits per heavy atom. The van der Waals surface area contributed by atoms with Crippen LogP contribution in [0.15, 0.2) is 85.7 Å². The SMILES string of the molecule is C=CC(=O)OCCCCOC1=CC(C)C(C(O)Oc2ccc(C3CC3C(=O)c3ccc(OCCCCOC(=O)C=C)cc3)nn2)C=C1. The van der Waals surface area contributed by atoms with Gasteiger partial charge in [-0.25, -0.2) is 9.59 Å². The van der Waals surface area contributed by atoms with Gasteiger partial charge in [-0.3, -0.25) is 4.79 Å². The minimum atomic E-state index is -1.14. The van der Waals surface area contributed by atoms with E-state index in [1.54, 1.807) is 36.4 Å². The molecule has 1 heterocycles. The highest BCUT2D eigenvalue weighted by Crippen LogP contribution is 2.48. The van der Waals surface area contributed by atoms with Crippen LogP contribution in [0.4, 0.5) is 0 Å². The summed E-state index contributed by atoms with van der Waals surface area (Å²) in [6, 6.07) is 10.5. The van der Waals surface area contributed by atoms with Crippen LogP contribution in [-0.2, 0) is 23.8 Å². The Morgan fingerprint density at radius 3 is 2.13 bits per heavy atom. The third kappa shape index (κ3) is 10.9. The molecule has 0 radical (unpaired) electrons.